The van der Waals surface area contributed by atoms with Gasteiger partial charge in [0.05, 0.1) is 6.61 Å². The van der Waals surface area contributed by atoms with Gasteiger partial charge in [0.25, 0.3) is 11.1 Å². The van der Waals surface area contributed by atoms with Crippen LogP contribution < -0.4 is 16.4 Å². The number of anilines is 2. The number of aromatic nitrogens is 5. The zero-order valence-electron chi connectivity index (χ0n) is 22.4. The Morgan fingerprint density at radius 2 is 1.87 bits per heavy atom. The van der Waals surface area contributed by atoms with Crippen molar-refractivity contribution >= 4 is 17.0 Å². The average Bonchev–Trinajstić information content (AvgIpc) is 3.40. The van der Waals surface area contributed by atoms with Crippen molar-refractivity contribution in [1.29, 1.82) is 0 Å². The first-order valence-corrected chi connectivity index (χ1v) is 12.9. The molecule has 6 rings (SSSR count). The van der Waals surface area contributed by atoms with Crippen LogP contribution in [-0.2, 0) is 26.5 Å². The number of pyridine rings is 3. The van der Waals surface area contributed by atoms with Gasteiger partial charge in [-0.1, -0.05) is 19.9 Å². The number of hydrogen-bond acceptors (Lipinski definition) is 6. The second-order valence-corrected chi connectivity index (χ2v) is 11.1. The van der Waals surface area contributed by atoms with E-state index >= 15 is 0 Å². The Balaban J connectivity index is 1.46. The highest BCUT2D eigenvalue weighted by molar-refractivity contribution is 5.73. The minimum absolute atomic E-state index is 0.180. The summed E-state index contributed by atoms with van der Waals surface area (Å²) in [6, 6.07) is 9.22. The summed E-state index contributed by atoms with van der Waals surface area (Å²) >= 11 is 0. The predicted molar refractivity (Wildman–Crippen MR) is 151 cm³/mol. The normalized spacial score (nSPS) is 14.1. The second-order valence-electron chi connectivity index (χ2n) is 11.1. The molecule has 9 heteroatoms. The fourth-order valence-corrected chi connectivity index (χ4v) is 5.57. The largest absolute Gasteiger partial charge is 0.392 e. The molecule has 39 heavy (non-hydrogen) atoms. The van der Waals surface area contributed by atoms with Crippen LogP contribution in [0, 0.1) is 12.3 Å². The predicted octanol–water partition coefficient (Wildman–Crippen LogP) is 3.92. The maximum atomic E-state index is 13.6. The van der Waals surface area contributed by atoms with Gasteiger partial charge in [-0.3, -0.25) is 14.2 Å². The van der Waals surface area contributed by atoms with Gasteiger partial charge >= 0.3 is 0 Å². The van der Waals surface area contributed by atoms with Crippen LogP contribution in [0.5, 0.6) is 0 Å². The molecule has 0 bridgehead atoms. The van der Waals surface area contributed by atoms with Gasteiger partial charge in [-0.25, -0.2) is 9.97 Å². The molecule has 0 fully saturated rings. The van der Waals surface area contributed by atoms with Gasteiger partial charge in [-0.2, -0.15) is 0 Å². The van der Waals surface area contributed by atoms with E-state index in [9.17, 15) is 14.7 Å². The summed E-state index contributed by atoms with van der Waals surface area (Å²) < 4.78 is 4.95. The lowest BCUT2D eigenvalue weighted by Crippen LogP contribution is -2.23. The molecule has 9 nitrogen and oxygen atoms in total. The van der Waals surface area contributed by atoms with E-state index < -0.39 is 0 Å². The Hall–Kier alpha value is -4.50. The van der Waals surface area contributed by atoms with E-state index in [0.717, 1.165) is 18.4 Å². The quantitative estimate of drug-likeness (QED) is 0.363. The third kappa shape index (κ3) is 4.24. The molecule has 0 amide bonds. The molecule has 1 aliphatic rings. The van der Waals surface area contributed by atoms with Crippen molar-refractivity contribution in [2.75, 3.05) is 5.32 Å². The van der Waals surface area contributed by atoms with E-state index in [-0.39, 0.29) is 23.1 Å². The number of rotatable bonds is 5. The number of nitrogens with zero attached hydrogens (tertiary/aromatic N) is 5. The van der Waals surface area contributed by atoms with Crippen molar-refractivity contribution in [1.82, 2.24) is 23.5 Å². The minimum atomic E-state index is -0.340. The number of fused-ring (bicyclic) bond motifs is 3. The maximum absolute atomic E-state index is 13.6. The summed E-state index contributed by atoms with van der Waals surface area (Å²) in [6.45, 7) is 6.08. The van der Waals surface area contributed by atoms with Crippen LogP contribution in [0.25, 0.3) is 22.5 Å². The monoisotopic (exact) mass is 522 g/mol. The van der Waals surface area contributed by atoms with E-state index in [1.165, 1.54) is 20.4 Å². The van der Waals surface area contributed by atoms with Crippen molar-refractivity contribution in [3.8, 4) is 16.9 Å². The summed E-state index contributed by atoms with van der Waals surface area (Å²) in [5.41, 5.74) is 5.95. The molecule has 1 aliphatic carbocycles. The number of aryl methyl sites for hydroxylation is 2. The lowest BCUT2D eigenvalue weighted by Gasteiger charge is -2.17. The average molecular weight is 523 g/mol. The number of nitrogens with one attached hydrogen (secondary N) is 1. The van der Waals surface area contributed by atoms with Crippen molar-refractivity contribution < 1.29 is 5.11 Å². The summed E-state index contributed by atoms with van der Waals surface area (Å²) in [5.74, 6) is 0.905. The SMILES string of the molecule is Cc1ccc(Nc2cc(-c3ccnc(-n4ccn5c6c(cc5c4=O)CC(C)(C)C6)c3CO)cn(C)c2=O)nc1. The molecule has 0 aliphatic heterocycles. The standard InChI is InChI=1S/C30H30N6O3/c1-18-5-6-26(32-15-18)33-23-11-20(16-34(4)28(23)38)21-7-8-31-27(22(21)17-37)36-10-9-35-24(29(36)39)12-19-13-30(2,3)14-25(19)35/h5-12,15-16,37H,13-14,17H2,1-4H3,(H,32,33). The van der Waals surface area contributed by atoms with Crippen LogP contribution in [0.1, 0.15) is 36.2 Å². The van der Waals surface area contributed by atoms with E-state index in [4.69, 9.17) is 0 Å². The molecular formula is C30H30N6O3. The summed E-state index contributed by atoms with van der Waals surface area (Å²) in [5, 5.41) is 13.6. The van der Waals surface area contributed by atoms with Crippen LogP contribution >= 0.6 is 0 Å². The van der Waals surface area contributed by atoms with Gasteiger partial charge in [0.15, 0.2) is 0 Å². The van der Waals surface area contributed by atoms with Crippen molar-refractivity contribution in [3.63, 3.8) is 0 Å². The van der Waals surface area contributed by atoms with Crippen molar-refractivity contribution in [3.05, 3.63) is 104 Å². The van der Waals surface area contributed by atoms with Crippen LogP contribution in [0.3, 0.4) is 0 Å². The summed E-state index contributed by atoms with van der Waals surface area (Å²) in [4.78, 5) is 35.4. The fourth-order valence-electron chi connectivity index (χ4n) is 5.57. The Bertz CT molecular complexity index is 1860. The minimum Gasteiger partial charge on any atom is -0.392 e. The molecular weight excluding hydrogens is 492 g/mol. The van der Waals surface area contributed by atoms with E-state index in [1.807, 2.05) is 35.7 Å². The molecule has 0 radical (unpaired) electrons. The molecule has 0 saturated heterocycles. The van der Waals surface area contributed by atoms with Crippen LogP contribution in [0.2, 0.25) is 0 Å². The van der Waals surface area contributed by atoms with Gasteiger partial charge < -0.3 is 19.4 Å². The van der Waals surface area contributed by atoms with E-state index in [0.29, 0.717) is 39.5 Å². The molecule has 2 N–H and O–H groups in total. The van der Waals surface area contributed by atoms with Gasteiger partial charge in [0.1, 0.15) is 22.8 Å². The Labute approximate surface area is 225 Å². The second kappa shape index (κ2) is 9.06. The first-order valence-electron chi connectivity index (χ1n) is 12.9. The first kappa shape index (κ1) is 24.8. The van der Waals surface area contributed by atoms with E-state index in [1.54, 1.807) is 44.0 Å². The lowest BCUT2D eigenvalue weighted by atomic mass is 9.90. The number of hydrogen-bond donors (Lipinski definition) is 2. The van der Waals surface area contributed by atoms with Crippen LogP contribution in [0.4, 0.5) is 11.5 Å². The number of aliphatic hydroxyl groups is 1. The fraction of sp³-hybridized carbons (Fsp3) is 0.267. The smallest absolute Gasteiger partial charge is 0.280 e. The molecule has 5 heterocycles. The summed E-state index contributed by atoms with van der Waals surface area (Å²) in [7, 11) is 1.67. The molecule has 0 aromatic carbocycles. The lowest BCUT2D eigenvalue weighted by molar-refractivity contribution is 0.281. The Morgan fingerprint density at radius 1 is 1.05 bits per heavy atom. The van der Waals surface area contributed by atoms with Gasteiger partial charge in [-0.15, -0.1) is 0 Å². The van der Waals surface area contributed by atoms with Crippen molar-refractivity contribution in [2.45, 2.75) is 40.2 Å². The molecule has 5 aromatic rings. The van der Waals surface area contributed by atoms with Gasteiger partial charge in [0.2, 0.25) is 0 Å². The zero-order valence-corrected chi connectivity index (χ0v) is 22.4. The molecule has 198 valence electrons. The molecule has 0 atom stereocenters. The third-order valence-corrected chi connectivity index (χ3v) is 7.44. The molecule has 0 unspecified atom stereocenters. The highest BCUT2D eigenvalue weighted by atomic mass is 16.3. The molecule has 0 spiro atoms. The topological polar surface area (TPSA) is 106 Å². The van der Waals surface area contributed by atoms with Gasteiger partial charge in [0, 0.05) is 54.9 Å². The van der Waals surface area contributed by atoms with Crippen molar-refractivity contribution in [2.24, 2.45) is 12.5 Å². The maximum Gasteiger partial charge on any atom is 0.280 e. The molecule has 5 aromatic heterocycles. The first-order chi connectivity index (χ1) is 18.6. The van der Waals surface area contributed by atoms with Gasteiger partial charge in [-0.05, 0) is 66.1 Å². The van der Waals surface area contributed by atoms with Crippen LogP contribution in [0.15, 0.2) is 70.9 Å². The summed E-state index contributed by atoms with van der Waals surface area (Å²) in [6.07, 6.45) is 10.5. The Kier molecular flexibility index (Phi) is 5.76. The number of aliphatic hydroxyl groups excluding tert-OH is 1. The highest BCUT2D eigenvalue weighted by Gasteiger charge is 2.31. The third-order valence-electron chi connectivity index (χ3n) is 7.44. The highest BCUT2D eigenvalue weighted by Crippen LogP contribution is 2.37. The van der Waals surface area contributed by atoms with Crippen LogP contribution in [-0.4, -0.2) is 28.6 Å². The zero-order chi connectivity index (χ0) is 27.5. The van der Waals surface area contributed by atoms with E-state index in [2.05, 4.69) is 29.1 Å². The Morgan fingerprint density at radius 3 is 2.62 bits per heavy atom. The molecule has 0 saturated carbocycles.